The SMILES string of the molecule is CCn1cc([C@@H]2CC(c3c(O)n(C)c(=O)n(C)c3=O)=NN2C(C)=O)c2ccccc21. The Morgan fingerprint density at radius 3 is 2.57 bits per heavy atom. The van der Waals surface area contributed by atoms with Crippen LogP contribution in [0.4, 0.5) is 0 Å². The number of hydrazone groups is 1. The molecule has 9 nitrogen and oxygen atoms in total. The second-order valence-electron chi connectivity index (χ2n) is 7.42. The molecule has 156 valence electrons. The smallest absolute Gasteiger partial charge is 0.333 e. The van der Waals surface area contributed by atoms with E-state index in [4.69, 9.17) is 0 Å². The van der Waals surface area contributed by atoms with Crippen molar-refractivity contribution in [2.45, 2.75) is 32.9 Å². The normalized spacial score (nSPS) is 16.3. The van der Waals surface area contributed by atoms with E-state index in [0.29, 0.717) is 0 Å². The number of hydrogen-bond acceptors (Lipinski definition) is 5. The van der Waals surface area contributed by atoms with Gasteiger partial charge in [-0.3, -0.25) is 18.7 Å². The molecule has 1 amide bonds. The molecule has 1 aliphatic heterocycles. The number of aromatic nitrogens is 3. The van der Waals surface area contributed by atoms with Gasteiger partial charge in [0.2, 0.25) is 11.8 Å². The summed E-state index contributed by atoms with van der Waals surface area (Å²) in [5, 5.41) is 17.2. The van der Waals surface area contributed by atoms with Crippen molar-refractivity contribution in [3.05, 3.63) is 62.4 Å². The van der Waals surface area contributed by atoms with Gasteiger partial charge in [-0.05, 0) is 13.0 Å². The molecule has 4 rings (SSSR count). The maximum absolute atomic E-state index is 12.7. The van der Waals surface area contributed by atoms with Crippen LogP contribution in [0, 0.1) is 0 Å². The Kier molecular flexibility index (Phi) is 4.60. The van der Waals surface area contributed by atoms with Crippen LogP contribution in [0.15, 0.2) is 45.2 Å². The molecule has 0 saturated carbocycles. The van der Waals surface area contributed by atoms with Crippen LogP contribution in [0.2, 0.25) is 0 Å². The van der Waals surface area contributed by atoms with Gasteiger partial charge >= 0.3 is 5.69 Å². The molecular weight excluding hydrogens is 386 g/mol. The standard InChI is InChI=1S/C21H23N5O4/c1-5-25-11-14(13-8-6-7-9-16(13)25)17-10-15(22-26(17)12(2)27)18-19(28)23(3)21(30)24(4)20(18)29/h6-9,11,17,28H,5,10H2,1-4H3/t17-/m0/s1. The molecule has 0 aliphatic carbocycles. The van der Waals surface area contributed by atoms with Crippen molar-refractivity contribution in [2.24, 2.45) is 19.2 Å². The minimum Gasteiger partial charge on any atom is -0.494 e. The van der Waals surface area contributed by atoms with Crippen molar-refractivity contribution in [1.82, 2.24) is 18.7 Å². The van der Waals surface area contributed by atoms with Crippen molar-refractivity contribution in [1.29, 1.82) is 0 Å². The number of aryl methyl sites for hydroxylation is 1. The molecule has 30 heavy (non-hydrogen) atoms. The van der Waals surface area contributed by atoms with Crippen molar-refractivity contribution >= 4 is 22.5 Å². The van der Waals surface area contributed by atoms with Crippen LogP contribution in [-0.2, 0) is 25.4 Å². The maximum atomic E-state index is 12.7. The quantitative estimate of drug-likeness (QED) is 0.708. The lowest BCUT2D eigenvalue weighted by Gasteiger charge is -2.19. The number of nitrogens with zero attached hydrogens (tertiary/aromatic N) is 5. The highest BCUT2D eigenvalue weighted by Crippen LogP contribution is 2.37. The predicted octanol–water partition coefficient (Wildman–Crippen LogP) is 1.46. The van der Waals surface area contributed by atoms with E-state index in [1.165, 1.54) is 26.0 Å². The van der Waals surface area contributed by atoms with Gasteiger partial charge in [0.15, 0.2) is 0 Å². The third kappa shape index (κ3) is 2.77. The predicted molar refractivity (Wildman–Crippen MR) is 113 cm³/mol. The number of amides is 1. The molecule has 0 unspecified atom stereocenters. The minimum absolute atomic E-state index is 0.0624. The molecule has 9 heteroatoms. The molecule has 3 heterocycles. The molecule has 0 bridgehead atoms. The van der Waals surface area contributed by atoms with Crippen LogP contribution < -0.4 is 11.2 Å². The number of aromatic hydroxyl groups is 1. The summed E-state index contributed by atoms with van der Waals surface area (Å²) in [4.78, 5) is 37.2. The van der Waals surface area contributed by atoms with E-state index < -0.39 is 23.2 Å². The van der Waals surface area contributed by atoms with Gasteiger partial charge in [0, 0.05) is 56.6 Å². The van der Waals surface area contributed by atoms with Crippen LogP contribution in [0.5, 0.6) is 5.88 Å². The number of carbonyl (C=O) groups is 1. The summed E-state index contributed by atoms with van der Waals surface area (Å²) in [5.74, 6) is -0.730. The molecule has 0 spiro atoms. The first kappa shape index (κ1) is 19.7. The zero-order valence-corrected chi connectivity index (χ0v) is 17.3. The van der Waals surface area contributed by atoms with Crippen LogP contribution in [0.3, 0.4) is 0 Å². The fraction of sp³-hybridized carbons (Fsp3) is 0.333. The van der Waals surface area contributed by atoms with E-state index in [-0.39, 0.29) is 23.6 Å². The Morgan fingerprint density at radius 1 is 1.20 bits per heavy atom. The second-order valence-corrected chi connectivity index (χ2v) is 7.42. The average Bonchev–Trinajstić information content (AvgIpc) is 3.33. The van der Waals surface area contributed by atoms with Gasteiger partial charge in [-0.2, -0.15) is 5.10 Å². The van der Waals surface area contributed by atoms with E-state index in [9.17, 15) is 19.5 Å². The van der Waals surface area contributed by atoms with E-state index >= 15 is 0 Å². The summed E-state index contributed by atoms with van der Waals surface area (Å²) in [6, 6.07) is 7.50. The number of benzene rings is 1. The average molecular weight is 409 g/mol. The number of rotatable bonds is 3. The molecule has 0 radical (unpaired) electrons. The second kappa shape index (κ2) is 7.01. The Labute approximate surface area is 172 Å². The highest BCUT2D eigenvalue weighted by molar-refractivity contribution is 6.05. The van der Waals surface area contributed by atoms with Gasteiger partial charge in [0.1, 0.15) is 5.56 Å². The van der Waals surface area contributed by atoms with E-state index in [1.807, 2.05) is 37.4 Å². The molecule has 0 fully saturated rings. The lowest BCUT2D eigenvalue weighted by molar-refractivity contribution is -0.130. The van der Waals surface area contributed by atoms with Gasteiger partial charge in [-0.25, -0.2) is 9.80 Å². The topological polar surface area (TPSA) is 102 Å². The zero-order chi connectivity index (χ0) is 21.7. The summed E-state index contributed by atoms with van der Waals surface area (Å²) >= 11 is 0. The van der Waals surface area contributed by atoms with Crippen LogP contribution in [0.1, 0.15) is 37.4 Å². The molecule has 1 atom stereocenters. The molecule has 3 aromatic rings. The van der Waals surface area contributed by atoms with Gasteiger partial charge < -0.3 is 9.67 Å². The molecule has 1 aromatic carbocycles. The minimum atomic E-state index is -0.644. The molecule has 2 aromatic heterocycles. The molecule has 0 saturated heterocycles. The highest BCUT2D eigenvalue weighted by Gasteiger charge is 2.36. The third-order valence-corrected chi connectivity index (χ3v) is 5.67. The summed E-state index contributed by atoms with van der Waals surface area (Å²) in [5.41, 5.74) is 0.903. The first-order chi connectivity index (χ1) is 14.3. The lowest BCUT2D eigenvalue weighted by Crippen LogP contribution is -2.39. The largest absolute Gasteiger partial charge is 0.494 e. The zero-order valence-electron chi connectivity index (χ0n) is 17.3. The van der Waals surface area contributed by atoms with Crippen molar-refractivity contribution in [2.75, 3.05) is 0 Å². The fourth-order valence-corrected chi connectivity index (χ4v) is 4.08. The monoisotopic (exact) mass is 409 g/mol. The summed E-state index contributed by atoms with van der Waals surface area (Å²) < 4.78 is 4.02. The summed E-state index contributed by atoms with van der Waals surface area (Å²) in [6.45, 7) is 4.22. The van der Waals surface area contributed by atoms with Gasteiger partial charge in [-0.15, -0.1) is 0 Å². The Morgan fingerprint density at radius 2 is 1.90 bits per heavy atom. The lowest BCUT2D eigenvalue weighted by atomic mass is 9.98. The number of para-hydroxylation sites is 1. The fourth-order valence-electron chi connectivity index (χ4n) is 4.08. The van der Waals surface area contributed by atoms with Crippen molar-refractivity contribution < 1.29 is 9.90 Å². The number of fused-ring (bicyclic) bond motifs is 1. The Hall–Kier alpha value is -3.62. The third-order valence-electron chi connectivity index (χ3n) is 5.67. The first-order valence-corrected chi connectivity index (χ1v) is 9.70. The van der Waals surface area contributed by atoms with Crippen molar-refractivity contribution in [3.63, 3.8) is 0 Å². The van der Waals surface area contributed by atoms with Crippen LogP contribution >= 0.6 is 0 Å². The highest BCUT2D eigenvalue weighted by atomic mass is 16.3. The van der Waals surface area contributed by atoms with Crippen LogP contribution in [-0.4, -0.2) is 35.4 Å². The van der Waals surface area contributed by atoms with Gasteiger partial charge in [0.25, 0.3) is 5.56 Å². The molecule has 1 N–H and O–H groups in total. The number of hydrogen-bond donors (Lipinski definition) is 1. The first-order valence-electron chi connectivity index (χ1n) is 9.70. The van der Waals surface area contributed by atoms with E-state index in [2.05, 4.69) is 9.67 Å². The Balaban J connectivity index is 1.88. The molecule has 1 aliphatic rings. The number of carbonyl (C=O) groups excluding carboxylic acids is 1. The van der Waals surface area contributed by atoms with Crippen LogP contribution in [0.25, 0.3) is 10.9 Å². The van der Waals surface area contributed by atoms with E-state index in [0.717, 1.165) is 32.1 Å². The van der Waals surface area contributed by atoms with Gasteiger partial charge in [0.05, 0.1) is 11.8 Å². The molecular formula is C21H23N5O4. The van der Waals surface area contributed by atoms with E-state index in [1.54, 1.807) is 0 Å². The Bertz CT molecular complexity index is 1330. The van der Waals surface area contributed by atoms with Gasteiger partial charge in [-0.1, -0.05) is 18.2 Å². The van der Waals surface area contributed by atoms with Crippen molar-refractivity contribution in [3.8, 4) is 5.88 Å². The summed E-state index contributed by atoms with van der Waals surface area (Å²) in [6.07, 6.45) is 2.25. The maximum Gasteiger partial charge on any atom is 0.333 e. The summed E-state index contributed by atoms with van der Waals surface area (Å²) in [7, 11) is 2.73.